The zero-order valence-corrected chi connectivity index (χ0v) is 15.6. The molecule has 0 aliphatic heterocycles. The molecular formula is C17H16ClFN6O3. The van der Waals surface area contributed by atoms with Crippen LogP contribution in [-0.4, -0.2) is 30.4 Å². The van der Waals surface area contributed by atoms with Crippen molar-refractivity contribution in [3.05, 3.63) is 68.9 Å². The molecule has 0 bridgehead atoms. The van der Waals surface area contributed by atoms with E-state index in [1.54, 1.807) is 19.1 Å². The van der Waals surface area contributed by atoms with Crippen LogP contribution in [0, 0.1) is 22.9 Å². The fraction of sp³-hybridized carbons (Fsp3) is 0.235. The molecule has 0 radical (unpaired) electrons. The number of benzene rings is 1. The van der Waals surface area contributed by atoms with E-state index in [-0.39, 0.29) is 31.1 Å². The molecule has 2 heterocycles. The summed E-state index contributed by atoms with van der Waals surface area (Å²) in [6.07, 6.45) is 2.44. The zero-order chi connectivity index (χ0) is 20.3. The second-order valence-corrected chi connectivity index (χ2v) is 6.45. The average Bonchev–Trinajstić information content (AvgIpc) is 3.23. The Balaban J connectivity index is 1.61. The summed E-state index contributed by atoms with van der Waals surface area (Å²) in [5, 5.41) is 21.7. The zero-order valence-electron chi connectivity index (χ0n) is 14.8. The van der Waals surface area contributed by atoms with Gasteiger partial charge in [-0.15, -0.1) is 0 Å². The predicted molar refractivity (Wildman–Crippen MR) is 99.6 cm³/mol. The van der Waals surface area contributed by atoms with Crippen molar-refractivity contribution in [2.24, 2.45) is 0 Å². The van der Waals surface area contributed by atoms with Crippen LogP contribution in [0.3, 0.4) is 0 Å². The summed E-state index contributed by atoms with van der Waals surface area (Å²) < 4.78 is 16.8. The number of hydrogen-bond donors (Lipinski definition) is 1. The van der Waals surface area contributed by atoms with Crippen molar-refractivity contribution in [3.63, 3.8) is 0 Å². The number of nitrogens with one attached hydrogen (secondary N) is 1. The predicted octanol–water partition coefficient (Wildman–Crippen LogP) is 3.17. The van der Waals surface area contributed by atoms with Gasteiger partial charge in [0.25, 0.3) is 0 Å². The Morgan fingerprint density at radius 1 is 1.43 bits per heavy atom. The molecule has 3 rings (SSSR count). The Morgan fingerprint density at radius 2 is 2.21 bits per heavy atom. The quantitative estimate of drug-likeness (QED) is 0.479. The lowest BCUT2D eigenvalue weighted by molar-refractivity contribution is -0.385. The van der Waals surface area contributed by atoms with Crippen molar-refractivity contribution in [2.75, 3.05) is 5.32 Å². The molecule has 1 amide bonds. The molecule has 11 heteroatoms. The van der Waals surface area contributed by atoms with E-state index < -0.39 is 10.7 Å². The van der Waals surface area contributed by atoms with Gasteiger partial charge in [-0.1, -0.05) is 17.7 Å². The van der Waals surface area contributed by atoms with Gasteiger partial charge in [0.05, 0.1) is 11.5 Å². The molecule has 2 aromatic heterocycles. The normalized spacial score (nSPS) is 10.8. The third-order valence-electron chi connectivity index (χ3n) is 4.02. The monoisotopic (exact) mass is 406 g/mol. The molecule has 1 aromatic carbocycles. The lowest BCUT2D eigenvalue weighted by Gasteiger charge is -2.07. The van der Waals surface area contributed by atoms with Gasteiger partial charge in [0.2, 0.25) is 5.91 Å². The van der Waals surface area contributed by atoms with Crippen LogP contribution < -0.4 is 5.32 Å². The maximum absolute atomic E-state index is 14.0. The van der Waals surface area contributed by atoms with Crippen molar-refractivity contribution < 1.29 is 14.1 Å². The highest BCUT2D eigenvalue weighted by Gasteiger charge is 2.13. The minimum absolute atomic E-state index is 0.0594. The van der Waals surface area contributed by atoms with Crippen LogP contribution in [0.4, 0.5) is 15.9 Å². The SMILES string of the molecule is Cc1cc(NC(=O)CCn2cc([N+](=O)[O-])cn2)nn1Cc1c(F)cccc1Cl. The minimum Gasteiger partial charge on any atom is -0.309 e. The molecule has 146 valence electrons. The van der Waals surface area contributed by atoms with Gasteiger partial charge in [-0.25, -0.2) is 4.39 Å². The highest BCUT2D eigenvalue weighted by atomic mass is 35.5. The van der Waals surface area contributed by atoms with Crippen molar-refractivity contribution >= 4 is 29.0 Å². The first-order valence-electron chi connectivity index (χ1n) is 8.27. The number of nitrogens with zero attached hydrogens (tertiary/aromatic N) is 5. The molecule has 0 saturated carbocycles. The van der Waals surface area contributed by atoms with Crippen LogP contribution in [0.5, 0.6) is 0 Å². The summed E-state index contributed by atoms with van der Waals surface area (Å²) in [5.74, 6) is -0.436. The first-order chi connectivity index (χ1) is 13.3. The van der Waals surface area contributed by atoms with Crippen LogP contribution in [0.1, 0.15) is 17.7 Å². The van der Waals surface area contributed by atoms with Crippen molar-refractivity contribution in [1.29, 1.82) is 0 Å². The number of aryl methyl sites for hydroxylation is 2. The smallest absolute Gasteiger partial charge is 0.306 e. The average molecular weight is 407 g/mol. The molecule has 0 aliphatic carbocycles. The molecule has 0 unspecified atom stereocenters. The highest BCUT2D eigenvalue weighted by molar-refractivity contribution is 6.31. The molecule has 0 fully saturated rings. The van der Waals surface area contributed by atoms with E-state index >= 15 is 0 Å². The molecule has 1 N–H and O–H groups in total. The number of rotatable bonds is 7. The van der Waals surface area contributed by atoms with Crippen LogP contribution >= 0.6 is 11.6 Å². The standard InChI is InChI=1S/C17H16ClFN6O3/c1-11-7-16(22-24(11)10-13-14(18)3-2-4-15(13)19)21-17(26)5-6-23-9-12(8-20-23)25(27)28/h2-4,7-9H,5-6,10H2,1H3,(H,21,22,26). The van der Waals surface area contributed by atoms with Crippen molar-refractivity contribution in [3.8, 4) is 0 Å². The van der Waals surface area contributed by atoms with E-state index in [0.717, 1.165) is 11.9 Å². The Hall–Kier alpha value is -3.27. The van der Waals surface area contributed by atoms with Gasteiger partial charge in [-0.05, 0) is 19.1 Å². The second-order valence-electron chi connectivity index (χ2n) is 6.05. The van der Waals surface area contributed by atoms with E-state index in [1.807, 2.05) is 0 Å². The Labute approximate surface area is 163 Å². The van der Waals surface area contributed by atoms with Crippen LogP contribution in [-0.2, 0) is 17.9 Å². The lowest BCUT2D eigenvalue weighted by atomic mass is 10.2. The lowest BCUT2D eigenvalue weighted by Crippen LogP contribution is -2.15. The molecule has 28 heavy (non-hydrogen) atoms. The number of hydrogen-bond acceptors (Lipinski definition) is 5. The second kappa shape index (κ2) is 8.17. The minimum atomic E-state index is -0.555. The third-order valence-corrected chi connectivity index (χ3v) is 4.37. The summed E-state index contributed by atoms with van der Waals surface area (Å²) in [5.41, 5.74) is 0.896. The van der Waals surface area contributed by atoms with Gasteiger partial charge >= 0.3 is 5.69 Å². The fourth-order valence-corrected chi connectivity index (χ4v) is 2.78. The Morgan fingerprint density at radius 3 is 2.89 bits per heavy atom. The van der Waals surface area contributed by atoms with E-state index in [1.165, 1.54) is 27.7 Å². The summed E-state index contributed by atoms with van der Waals surface area (Å²) >= 11 is 6.04. The molecular weight excluding hydrogens is 391 g/mol. The van der Waals surface area contributed by atoms with Crippen molar-refractivity contribution in [1.82, 2.24) is 19.6 Å². The van der Waals surface area contributed by atoms with Gasteiger partial charge in [-0.2, -0.15) is 10.2 Å². The molecule has 0 atom stereocenters. The summed E-state index contributed by atoms with van der Waals surface area (Å²) in [6, 6.07) is 6.10. The molecule has 3 aromatic rings. The van der Waals surface area contributed by atoms with Crippen LogP contribution in [0.25, 0.3) is 0 Å². The number of aromatic nitrogens is 4. The molecule has 9 nitrogen and oxygen atoms in total. The first kappa shape index (κ1) is 19.5. The maximum atomic E-state index is 14.0. The van der Waals surface area contributed by atoms with Gasteiger partial charge in [-0.3, -0.25) is 24.3 Å². The van der Waals surface area contributed by atoms with E-state index in [4.69, 9.17) is 11.6 Å². The topological polar surface area (TPSA) is 108 Å². The summed E-state index contributed by atoms with van der Waals surface area (Å²) in [6.45, 7) is 2.09. The van der Waals surface area contributed by atoms with Crippen LogP contribution in [0.2, 0.25) is 5.02 Å². The number of nitro groups is 1. The van der Waals surface area contributed by atoms with Crippen LogP contribution in [0.15, 0.2) is 36.7 Å². The molecule has 0 saturated heterocycles. The van der Waals surface area contributed by atoms with E-state index in [2.05, 4.69) is 15.5 Å². The summed E-state index contributed by atoms with van der Waals surface area (Å²) in [4.78, 5) is 22.2. The summed E-state index contributed by atoms with van der Waals surface area (Å²) in [7, 11) is 0. The largest absolute Gasteiger partial charge is 0.309 e. The number of halogens is 2. The number of carbonyl (C=O) groups is 1. The van der Waals surface area contributed by atoms with E-state index in [9.17, 15) is 19.3 Å². The Bertz CT molecular complexity index is 1010. The molecule has 0 spiro atoms. The molecule has 0 aliphatic rings. The highest BCUT2D eigenvalue weighted by Crippen LogP contribution is 2.21. The first-order valence-corrected chi connectivity index (χ1v) is 8.65. The van der Waals surface area contributed by atoms with Gasteiger partial charge in [0.1, 0.15) is 18.2 Å². The fourth-order valence-electron chi connectivity index (χ4n) is 2.56. The van der Waals surface area contributed by atoms with Gasteiger partial charge in [0.15, 0.2) is 5.82 Å². The Kier molecular flexibility index (Phi) is 5.69. The van der Waals surface area contributed by atoms with E-state index in [0.29, 0.717) is 16.4 Å². The third kappa shape index (κ3) is 4.52. The van der Waals surface area contributed by atoms with Crippen molar-refractivity contribution in [2.45, 2.75) is 26.4 Å². The number of carbonyl (C=O) groups excluding carboxylic acids is 1. The number of amides is 1. The maximum Gasteiger partial charge on any atom is 0.306 e. The van der Waals surface area contributed by atoms with Gasteiger partial charge < -0.3 is 5.32 Å². The number of anilines is 1. The van der Waals surface area contributed by atoms with Gasteiger partial charge in [0, 0.05) is 35.3 Å².